The fourth-order valence-electron chi connectivity index (χ4n) is 1.23. The number of Topliss-reactive ketones (excluding diaryl/α,β-unsaturated/α-hetero) is 1. The molecule has 0 radical (unpaired) electrons. The number of nitrogens with zero attached hydrogens (tertiary/aromatic N) is 1. The summed E-state index contributed by atoms with van der Waals surface area (Å²) in [5.41, 5.74) is 0. The Morgan fingerprint density at radius 3 is 2.41 bits per heavy atom. The van der Waals surface area contributed by atoms with E-state index in [0.717, 1.165) is 0 Å². The first kappa shape index (κ1) is 6.29. The molecule has 0 bridgehead atoms. The molecule has 0 aliphatic heterocycles. The lowest BCUT2D eigenvalue weighted by molar-refractivity contribution is -0.885. The average molecular weight is 255 g/mol. The monoisotopic (exact) mass is 255 g/mol. The number of aliphatic hydroxyl groups is 1. The standard InChI is InChI=1S/C12H23NO4/c1-9(2)5-10(14)7-13(3,4)8-11(15)6-12(16)17/h9,11,15H,5-8H2,1-4H3/p+1/t11-/m1/s1/i3D3,4D3,8D2,11D. The molecule has 0 heterocycles. The molecule has 1 atom stereocenters. The Balaban J connectivity index is 6.64. The van der Waals surface area contributed by atoms with Crippen LogP contribution in [0.2, 0.25) is 0 Å². The number of likely N-dealkylation sites (N-methyl/N-ethyl adjacent to an activating group) is 1. The summed E-state index contributed by atoms with van der Waals surface area (Å²) in [5.74, 6) is -3.02. The van der Waals surface area contributed by atoms with E-state index in [0.29, 0.717) is 0 Å². The second-order valence-corrected chi connectivity index (χ2v) is 4.23. The van der Waals surface area contributed by atoms with Gasteiger partial charge in [-0.05, 0) is 5.92 Å². The molecule has 0 rings (SSSR count). The van der Waals surface area contributed by atoms with Crippen molar-refractivity contribution in [1.82, 2.24) is 0 Å². The van der Waals surface area contributed by atoms with Crippen molar-refractivity contribution in [2.24, 2.45) is 5.92 Å². The quantitative estimate of drug-likeness (QED) is 0.620. The minimum Gasteiger partial charge on any atom is -0.481 e. The summed E-state index contributed by atoms with van der Waals surface area (Å²) >= 11 is 0. The topological polar surface area (TPSA) is 74.6 Å². The number of carboxylic acid groups (broad SMARTS) is 1. The molecule has 0 unspecified atom stereocenters. The predicted octanol–water partition coefficient (Wildman–Crippen LogP) is 0.514. The molecule has 2 N–H and O–H groups in total. The van der Waals surface area contributed by atoms with Crippen LogP contribution in [0.25, 0.3) is 0 Å². The van der Waals surface area contributed by atoms with E-state index in [-0.39, 0.29) is 12.3 Å². The van der Waals surface area contributed by atoms with Gasteiger partial charge in [0.05, 0.1) is 32.7 Å². The van der Waals surface area contributed by atoms with E-state index in [1.165, 1.54) is 0 Å². The van der Waals surface area contributed by atoms with Crippen molar-refractivity contribution in [2.45, 2.75) is 32.8 Å². The molecule has 17 heavy (non-hydrogen) atoms. The number of carbonyl (C=O) groups excluding carboxylic acids is 1. The zero-order valence-corrected chi connectivity index (χ0v) is 9.86. The maximum absolute atomic E-state index is 12.2. The lowest BCUT2D eigenvalue weighted by Gasteiger charge is -2.31. The van der Waals surface area contributed by atoms with Gasteiger partial charge in [-0.1, -0.05) is 13.8 Å². The van der Waals surface area contributed by atoms with Crippen LogP contribution in [0.5, 0.6) is 0 Å². The van der Waals surface area contributed by atoms with E-state index in [1.54, 1.807) is 13.8 Å². The molecule has 0 aliphatic carbocycles. The van der Waals surface area contributed by atoms with Crippen molar-refractivity contribution in [1.29, 1.82) is 0 Å². The molecule has 0 amide bonds. The van der Waals surface area contributed by atoms with Crippen LogP contribution in [0.1, 0.15) is 39.0 Å². The van der Waals surface area contributed by atoms with Crippen LogP contribution in [0.3, 0.4) is 0 Å². The van der Waals surface area contributed by atoms with Crippen LogP contribution >= 0.6 is 0 Å². The zero-order valence-electron chi connectivity index (χ0n) is 18.9. The van der Waals surface area contributed by atoms with Crippen molar-refractivity contribution in [3.05, 3.63) is 0 Å². The summed E-state index contributed by atoms with van der Waals surface area (Å²) in [7, 11) is 0. The van der Waals surface area contributed by atoms with Crippen molar-refractivity contribution in [3.8, 4) is 0 Å². The number of aliphatic carboxylic acids is 1. The van der Waals surface area contributed by atoms with E-state index in [1.807, 2.05) is 0 Å². The lowest BCUT2D eigenvalue weighted by Crippen LogP contribution is -2.49. The van der Waals surface area contributed by atoms with Crippen molar-refractivity contribution in [2.75, 3.05) is 27.0 Å². The largest absolute Gasteiger partial charge is 0.481 e. The molecule has 0 fully saturated rings. The highest BCUT2D eigenvalue weighted by atomic mass is 16.4. The molecule has 0 aliphatic rings. The molecular formula is C12H24NO4+. The second-order valence-electron chi connectivity index (χ2n) is 4.23. The molecular weight excluding hydrogens is 222 g/mol. The summed E-state index contributed by atoms with van der Waals surface area (Å²) in [4.78, 5) is 23.1. The van der Waals surface area contributed by atoms with E-state index in [9.17, 15) is 14.7 Å². The van der Waals surface area contributed by atoms with E-state index < -0.39 is 55.7 Å². The fourth-order valence-corrected chi connectivity index (χ4v) is 1.23. The van der Waals surface area contributed by atoms with E-state index in [4.69, 9.17) is 17.4 Å². The van der Waals surface area contributed by atoms with Gasteiger partial charge in [-0.25, -0.2) is 0 Å². The van der Waals surface area contributed by atoms with Crippen LogP contribution in [0.15, 0.2) is 0 Å². The van der Waals surface area contributed by atoms with Gasteiger partial charge in [-0.2, -0.15) is 0 Å². The first-order chi connectivity index (χ1) is 11.2. The van der Waals surface area contributed by atoms with Crippen molar-refractivity contribution >= 4 is 11.8 Å². The number of hydrogen-bond acceptors (Lipinski definition) is 3. The van der Waals surface area contributed by atoms with Crippen LogP contribution in [0.4, 0.5) is 0 Å². The van der Waals surface area contributed by atoms with Gasteiger partial charge in [-0.3, -0.25) is 9.59 Å². The highest BCUT2D eigenvalue weighted by molar-refractivity contribution is 5.79. The number of carbonyl (C=O) groups is 2. The molecule has 0 spiro atoms. The zero-order chi connectivity index (χ0) is 21.4. The van der Waals surface area contributed by atoms with Gasteiger partial charge in [0.1, 0.15) is 19.1 Å². The molecule has 0 saturated carbocycles. The Morgan fingerprint density at radius 2 is 2.00 bits per heavy atom. The molecule has 0 saturated heterocycles. The number of rotatable bonds is 8. The van der Waals surface area contributed by atoms with E-state index in [2.05, 4.69) is 0 Å². The summed E-state index contributed by atoms with van der Waals surface area (Å²) in [6.45, 7) is -9.38. The highest BCUT2D eigenvalue weighted by Crippen LogP contribution is 2.07. The Labute approximate surface area is 115 Å². The van der Waals surface area contributed by atoms with Gasteiger partial charge in [0.25, 0.3) is 0 Å². The summed E-state index contributed by atoms with van der Waals surface area (Å²) in [5, 5.41) is 18.8. The number of hydrogen-bond donors (Lipinski definition) is 2. The van der Waals surface area contributed by atoms with Crippen LogP contribution in [-0.4, -0.2) is 59.5 Å². The first-order valence-corrected chi connectivity index (χ1v) is 5.07. The third-order valence-electron chi connectivity index (χ3n) is 1.69. The predicted molar refractivity (Wildman–Crippen MR) is 64.6 cm³/mol. The van der Waals surface area contributed by atoms with Crippen molar-refractivity contribution in [3.63, 3.8) is 0 Å². The van der Waals surface area contributed by atoms with Crippen molar-refractivity contribution < 1.29 is 36.6 Å². The maximum Gasteiger partial charge on any atom is 0.306 e. The average Bonchev–Trinajstić information content (AvgIpc) is 2.29. The minimum absolute atomic E-state index is 0.252. The third-order valence-corrected chi connectivity index (χ3v) is 1.69. The van der Waals surface area contributed by atoms with Crippen LogP contribution < -0.4 is 0 Å². The van der Waals surface area contributed by atoms with Gasteiger partial charge < -0.3 is 14.7 Å². The normalized spacial score (nSPS) is 25.8. The fraction of sp³-hybridized carbons (Fsp3) is 0.833. The second kappa shape index (κ2) is 6.71. The van der Waals surface area contributed by atoms with Crippen LogP contribution in [0, 0.1) is 5.92 Å². The van der Waals surface area contributed by atoms with Gasteiger partial charge in [-0.15, -0.1) is 0 Å². The van der Waals surface area contributed by atoms with E-state index >= 15 is 0 Å². The minimum atomic E-state index is -3.84. The SMILES string of the molecule is [2H]C([2H])([2H])[N+](CC(=O)CC(C)C)(C([2H])([2H])[2H])C([2H])([2H])[C@]([2H])(O)CC(=O)O. The van der Waals surface area contributed by atoms with Gasteiger partial charge in [0, 0.05) is 6.42 Å². The Hall–Kier alpha value is -0.940. The molecule has 0 aromatic rings. The molecule has 5 heteroatoms. The molecule has 0 aromatic carbocycles. The Kier molecular flexibility index (Phi) is 2.48. The third kappa shape index (κ3) is 8.83. The first-order valence-electron chi connectivity index (χ1n) is 9.57. The smallest absolute Gasteiger partial charge is 0.306 e. The Bertz CT molecular complexity index is 526. The molecule has 5 nitrogen and oxygen atoms in total. The Morgan fingerprint density at radius 1 is 1.41 bits per heavy atom. The summed E-state index contributed by atoms with van der Waals surface area (Å²) < 4.78 is 66.6. The van der Waals surface area contributed by atoms with Crippen LogP contribution in [-0.2, 0) is 9.59 Å². The maximum atomic E-state index is 12.2. The number of quaternary nitrogens is 1. The number of carboxylic acids is 1. The summed E-state index contributed by atoms with van der Waals surface area (Å²) in [6, 6.07) is 0. The van der Waals surface area contributed by atoms with Gasteiger partial charge in [0.15, 0.2) is 5.78 Å². The molecule has 100 valence electrons. The highest BCUT2D eigenvalue weighted by Gasteiger charge is 2.25. The molecule has 0 aromatic heterocycles. The van der Waals surface area contributed by atoms with Gasteiger partial charge >= 0.3 is 5.97 Å². The van der Waals surface area contributed by atoms with Gasteiger partial charge in [0.2, 0.25) is 0 Å². The summed E-state index contributed by atoms with van der Waals surface area (Å²) in [6.07, 6.45) is -5.46. The lowest BCUT2D eigenvalue weighted by atomic mass is 10.1. The number of ketones is 1.